The van der Waals surface area contributed by atoms with Crippen LogP contribution < -0.4 is 5.32 Å². The number of benzene rings is 1. The van der Waals surface area contributed by atoms with Crippen LogP contribution in [0, 0.1) is 6.92 Å². The van der Waals surface area contributed by atoms with Crippen molar-refractivity contribution in [3.05, 3.63) is 28.8 Å². The summed E-state index contributed by atoms with van der Waals surface area (Å²) in [5.74, 6) is -0.125. The molecule has 0 bridgehead atoms. The van der Waals surface area contributed by atoms with Crippen LogP contribution >= 0.6 is 11.6 Å². The van der Waals surface area contributed by atoms with E-state index in [9.17, 15) is 13.2 Å². The Bertz CT molecular complexity index is 601. The minimum atomic E-state index is -3.59. The van der Waals surface area contributed by atoms with Gasteiger partial charge < -0.3 is 5.32 Å². The molecule has 2 rings (SSSR count). The Morgan fingerprint density at radius 1 is 1.32 bits per heavy atom. The smallest absolute Gasteiger partial charge is 0.243 e. The lowest BCUT2D eigenvalue weighted by atomic mass is 10.2. The molecule has 1 aliphatic rings. The van der Waals surface area contributed by atoms with Crippen molar-refractivity contribution in [2.45, 2.75) is 18.2 Å². The van der Waals surface area contributed by atoms with E-state index in [0.29, 0.717) is 11.6 Å². The molecule has 1 N–H and O–H groups in total. The summed E-state index contributed by atoms with van der Waals surface area (Å²) < 4.78 is 26.2. The topological polar surface area (TPSA) is 66.5 Å². The second-order valence-electron chi connectivity index (χ2n) is 4.42. The Balaban J connectivity index is 2.30. The summed E-state index contributed by atoms with van der Waals surface area (Å²) in [6, 6.07) is 4.67. The lowest BCUT2D eigenvalue weighted by Crippen LogP contribution is -2.34. The number of hydrogen-bond donors (Lipinski definition) is 1. The van der Waals surface area contributed by atoms with Crippen LogP contribution in [0.5, 0.6) is 0 Å². The van der Waals surface area contributed by atoms with Gasteiger partial charge in [-0.25, -0.2) is 8.42 Å². The number of aryl methyl sites for hydroxylation is 1. The average molecular weight is 303 g/mol. The van der Waals surface area contributed by atoms with Crippen LogP contribution in [-0.4, -0.2) is 38.3 Å². The van der Waals surface area contributed by atoms with E-state index in [1.807, 2.05) is 6.92 Å². The first-order chi connectivity index (χ1) is 8.91. The van der Waals surface area contributed by atoms with Gasteiger partial charge >= 0.3 is 0 Å². The van der Waals surface area contributed by atoms with E-state index in [1.165, 1.54) is 16.4 Å². The van der Waals surface area contributed by atoms with Crippen molar-refractivity contribution in [2.75, 3.05) is 19.6 Å². The van der Waals surface area contributed by atoms with Gasteiger partial charge in [0, 0.05) is 31.1 Å². The van der Waals surface area contributed by atoms with Gasteiger partial charge in [0.2, 0.25) is 15.9 Å². The fraction of sp³-hybridized carbons (Fsp3) is 0.417. The summed E-state index contributed by atoms with van der Waals surface area (Å²) in [5, 5.41) is 3.07. The largest absolute Gasteiger partial charge is 0.355 e. The molecule has 1 aliphatic heterocycles. The Kier molecular flexibility index (Phi) is 4.13. The Morgan fingerprint density at radius 2 is 2.05 bits per heavy atom. The van der Waals surface area contributed by atoms with Crippen molar-refractivity contribution in [1.29, 1.82) is 0 Å². The molecule has 19 heavy (non-hydrogen) atoms. The molecule has 1 heterocycles. The molecular weight excluding hydrogens is 288 g/mol. The molecule has 1 fully saturated rings. The molecule has 1 amide bonds. The molecule has 5 nitrogen and oxygen atoms in total. The van der Waals surface area contributed by atoms with Crippen LogP contribution in [0.3, 0.4) is 0 Å². The van der Waals surface area contributed by atoms with E-state index in [0.717, 1.165) is 5.56 Å². The summed E-state index contributed by atoms with van der Waals surface area (Å²) in [7, 11) is -3.59. The zero-order valence-electron chi connectivity index (χ0n) is 10.5. The van der Waals surface area contributed by atoms with E-state index in [-0.39, 0.29) is 30.3 Å². The summed E-state index contributed by atoms with van der Waals surface area (Å²) in [5.41, 5.74) is 0.827. The van der Waals surface area contributed by atoms with Gasteiger partial charge in [0.05, 0.1) is 4.90 Å². The fourth-order valence-electron chi connectivity index (χ4n) is 1.87. The van der Waals surface area contributed by atoms with Gasteiger partial charge in [-0.05, 0) is 24.6 Å². The number of carbonyl (C=O) groups excluding carboxylic acids is 1. The van der Waals surface area contributed by atoms with Crippen LogP contribution in [0.1, 0.15) is 12.0 Å². The maximum atomic E-state index is 12.4. The molecule has 1 saturated heterocycles. The fourth-order valence-corrected chi connectivity index (χ4v) is 3.58. The monoisotopic (exact) mass is 302 g/mol. The molecule has 0 aliphatic carbocycles. The van der Waals surface area contributed by atoms with E-state index >= 15 is 0 Å². The van der Waals surface area contributed by atoms with E-state index in [1.54, 1.807) is 6.07 Å². The van der Waals surface area contributed by atoms with Crippen molar-refractivity contribution in [3.63, 3.8) is 0 Å². The molecule has 7 heteroatoms. The first kappa shape index (κ1) is 14.3. The van der Waals surface area contributed by atoms with Crippen LogP contribution in [0.4, 0.5) is 0 Å². The zero-order valence-corrected chi connectivity index (χ0v) is 12.1. The highest BCUT2D eigenvalue weighted by molar-refractivity contribution is 7.89. The molecule has 0 unspecified atom stereocenters. The number of hydrogen-bond acceptors (Lipinski definition) is 3. The van der Waals surface area contributed by atoms with Crippen molar-refractivity contribution >= 4 is 27.5 Å². The maximum Gasteiger partial charge on any atom is 0.243 e. The van der Waals surface area contributed by atoms with Crippen molar-refractivity contribution in [3.8, 4) is 0 Å². The number of nitrogens with one attached hydrogen (secondary N) is 1. The van der Waals surface area contributed by atoms with E-state index < -0.39 is 10.0 Å². The van der Waals surface area contributed by atoms with Crippen LogP contribution in [0.15, 0.2) is 23.1 Å². The number of carbonyl (C=O) groups is 1. The highest BCUT2D eigenvalue weighted by atomic mass is 35.5. The summed E-state index contributed by atoms with van der Waals surface area (Å²) in [6.45, 7) is 2.62. The molecule has 0 spiro atoms. The van der Waals surface area contributed by atoms with Gasteiger partial charge in [0.1, 0.15) is 0 Å². The Hall–Kier alpha value is -1.11. The molecular formula is C12H15ClN2O3S. The molecule has 0 aromatic heterocycles. The number of amides is 1. The molecule has 0 radical (unpaired) electrons. The molecule has 0 atom stereocenters. The first-order valence-electron chi connectivity index (χ1n) is 5.94. The predicted molar refractivity (Wildman–Crippen MR) is 72.6 cm³/mol. The molecule has 1 aromatic carbocycles. The summed E-state index contributed by atoms with van der Waals surface area (Å²) >= 11 is 5.96. The summed E-state index contributed by atoms with van der Waals surface area (Å²) in [6.07, 6.45) is 0.179. The standard InChI is InChI=1S/C12H15ClN2O3S/c1-9-2-3-10(8-11(9)13)19(17,18)15-6-4-12(16)14-5-7-15/h2-3,8H,4-7H2,1H3,(H,14,16). The summed E-state index contributed by atoms with van der Waals surface area (Å²) in [4.78, 5) is 11.4. The van der Waals surface area contributed by atoms with Gasteiger partial charge in [0.25, 0.3) is 0 Å². The van der Waals surface area contributed by atoms with Crippen molar-refractivity contribution < 1.29 is 13.2 Å². The molecule has 0 saturated carbocycles. The SMILES string of the molecule is Cc1ccc(S(=O)(=O)N2CCNC(=O)CC2)cc1Cl. The number of sulfonamides is 1. The van der Waals surface area contributed by atoms with E-state index in [4.69, 9.17) is 11.6 Å². The van der Waals surface area contributed by atoms with Crippen molar-refractivity contribution in [1.82, 2.24) is 9.62 Å². The molecule has 1 aromatic rings. The van der Waals surface area contributed by atoms with Crippen LogP contribution in [-0.2, 0) is 14.8 Å². The maximum absolute atomic E-state index is 12.4. The van der Waals surface area contributed by atoms with Crippen LogP contribution in [0.25, 0.3) is 0 Å². The molecule has 104 valence electrons. The second-order valence-corrected chi connectivity index (χ2v) is 6.76. The zero-order chi connectivity index (χ0) is 14.0. The first-order valence-corrected chi connectivity index (χ1v) is 7.76. The minimum absolute atomic E-state index is 0.125. The number of nitrogens with zero attached hydrogens (tertiary/aromatic N) is 1. The lowest BCUT2D eigenvalue weighted by molar-refractivity contribution is -0.120. The van der Waals surface area contributed by atoms with Crippen molar-refractivity contribution in [2.24, 2.45) is 0 Å². The predicted octanol–water partition coefficient (Wildman–Crippen LogP) is 1.16. The van der Waals surface area contributed by atoms with Gasteiger partial charge in [-0.1, -0.05) is 17.7 Å². The third kappa shape index (κ3) is 3.08. The third-order valence-electron chi connectivity index (χ3n) is 3.05. The minimum Gasteiger partial charge on any atom is -0.355 e. The van der Waals surface area contributed by atoms with Crippen LogP contribution in [0.2, 0.25) is 5.02 Å². The Morgan fingerprint density at radius 3 is 2.74 bits per heavy atom. The Labute approximate surface area is 117 Å². The highest BCUT2D eigenvalue weighted by Crippen LogP contribution is 2.23. The normalized spacial score (nSPS) is 17.9. The number of rotatable bonds is 2. The third-order valence-corrected chi connectivity index (χ3v) is 5.35. The van der Waals surface area contributed by atoms with Gasteiger partial charge in [0.15, 0.2) is 0 Å². The van der Waals surface area contributed by atoms with Gasteiger partial charge in [-0.3, -0.25) is 4.79 Å². The quantitative estimate of drug-likeness (QED) is 0.891. The number of halogens is 1. The van der Waals surface area contributed by atoms with Gasteiger partial charge in [-0.15, -0.1) is 0 Å². The average Bonchev–Trinajstić information content (AvgIpc) is 2.57. The van der Waals surface area contributed by atoms with E-state index in [2.05, 4.69) is 5.32 Å². The highest BCUT2D eigenvalue weighted by Gasteiger charge is 2.26. The lowest BCUT2D eigenvalue weighted by Gasteiger charge is -2.19. The second kappa shape index (κ2) is 5.48. The van der Waals surface area contributed by atoms with Gasteiger partial charge in [-0.2, -0.15) is 4.31 Å².